The molecule has 3 rings (SSSR count). The molecule has 1 aromatic carbocycles. The Morgan fingerprint density at radius 2 is 2.04 bits per heavy atom. The number of carboxylic acids is 1. The maximum absolute atomic E-state index is 12.2. The standard InChI is InChI=1S/C22H27NO3/c24-21-12-10-17(19(21)5-3-1-2-4-6-22(25)26)9-7-16-8-11-20-18(15-16)13-14-23-20/h7-9,11,13-15,17,19,23H,1-6,10,12H2,(H,25,26). The lowest BCUT2D eigenvalue weighted by Gasteiger charge is -2.14. The number of carboxylic acid groups (broad SMARTS) is 1. The van der Waals surface area contributed by atoms with Gasteiger partial charge < -0.3 is 10.1 Å². The second-order valence-corrected chi connectivity index (χ2v) is 7.31. The zero-order chi connectivity index (χ0) is 18.4. The Bertz CT molecular complexity index is 790. The fourth-order valence-corrected chi connectivity index (χ4v) is 3.94. The normalized spacial score (nSPS) is 20.4. The summed E-state index contributed by atoms with van der Waals surface area (Å²) in [6.45, 7) is 0. The van der Waals surface area contributed by atoms with Crippen LogP contribution in [0.15, 0.2) is 36.5 Å². The summed E-state index contributed by atoms with van der Waals surface area (Å²) >= 11 is 0. The second-order valence-electron chi connectivity index (χ2n) is 7.31. The van der Waals surface area contributed by atoms with Gasteiger partial charge in [0.2, 0.25) is 0 Å². The molecule has 0 radical (unpaired) electrons. The lowest BCUT2D eigenvalue weighted by atomic mass is 9.89. The number of carbonyl (C=O) groups excluding carboxylic acids is 1. The summed E-state index contributed by atoms with van der Waals surface area (Å²) < 4.78 is 0. The number of carbonyl (C=O) groups is 2. The first-order valence-electron chi connectivity index (χ1n) is 9.63. The molecular formula is C22H27NO3. The third-order valence-corrected chi connectivity index (χ3v) is 5.42. The molecular weight excluding hydrogens is 326 g/mol. The number of fused-ring (bicyclic) bond motifs is 1. The molecule has 26 heavy (non-hydrogen) atoms. The van der Waals surface area contributed by atoms with Crippen molar-refractivity contribution in [3.05, 3.63) is 42.1 Å². The number of aromatic nitrogens is 1. The molecule has 2 aromatic rings. The van der Waals surface area contributed by atoms with E-state index in [1.54, 1.807) is 0 Å². The van der Waals surface area contributed by atoms with Gasteiger partial charge in [0.05, 0.1) is 0 Å². The summed E-state index contributed by atoms with van der Waals surface area (Å²) in [5.41, 5.74) is 2.31. The molecule has 0 spiro atoms. The molecule has 0 saturated heterocycles. The molecule has 2 N–H and O–H groups in total. The average molecular weight is 353 g/mol. The van der Waals surface area contributed by atoms with E-state index in [2.05, 4.69) is 41.4 Å². The summed E-state index contributed by atoms with van der Waals surface area (Å²) in [5.74, 6) is 0.149. The van der Waals surface area contributed by atoms with E-state index in [0.29, 0.717) is 18.1 Å². The minimum Gasteiger partial charge on any atom is -0.481 e. The number of ketones is 1. The van der Waals surface area contributed by atoms with Crippen LogP contribution in [-0.2, 0) is 9.59 Å². The maximum atomic E-state index is 12.2. The number of aliphatic carboxylic acids is 1. The Hall–Kier alpha value is -2.36. The van der Waals surface area contributed by atoms with E-state index in [9.17, 15) is 9.59 Å². The zero-order valence-corrected chi connectivity index (χ0v) is 15.1. The summed E-state index contributed by atoms with van der Waals surface area (Å²) in [7, 11) is 0. The minimum atomic E-state index is -0.723. The molecule has 1 aliphatic carbocycles. The van der Waals surface area contributed by atoms with Gasteiger partial charge in [-0.3, -0.25) is 9.59 Å². The number of rotatable bonds is 9. The highest BCUT2D eigenvalue weighted by Gasteiger charge is 2.32. The van der Waals surface area contributed by atoms with E-state index >= 15 is 0 Å². The van der Waals surface area contributed by atoms with E-state index in [1.807, 2.05) is 6.20 Å². The molecule has 1 saturated carbocycles. The Balaban J connectivity index is 1.51. The first-order chi connectivity index (χ1) is 12.6. The second kappa shape index (κ2) is 8.84. The maximum Gasteiger partial charge on any atom is 0.303 e. The van der Waals surface area contributed by atoms with Crippen LogP contribution in [0, 0.1) is 11.8 Å². The summed E-state index contributed by atoms with van der Waals surface area (Å²) in [6, 6.07) is 8.42. The van der Waals surface area contributed by atoms with Crippen LogP contribution in [-0.4, -0.2) is 21.8 Å². The van der Waals surface area contributed by atoms with Gasteiger partial charge in [-0.2, -0.15) is 0 Å². The first kappa shape index (κ1) is 18.4. The van der Waals surface area contributed by atoms with E-state index < -0.39 is 5.97 Å². The third kappa shape index (κ3) is 4.84. The Morgan fingerprint density at radius 3 is 2.88 bits per heavy atom. The minimum absolute atomic E-state index is 0.140. The van der Waals surface area contributed by atoms with Crippen molar-refractivity contribution >= 4 is 28.7 Å². The SMILES string of the molecule is O=C(O)CCCCCCC1C(=O)CCC1C=Cc1ccc2[nH]ccc2c1. The van der Waals surface area contributed by atoms with E-state index in [4.69, 9.17) is 5.11 Å². The summed E-state index contributed by atoms with van der Waals surface area (Å²) in [5, 5.41) is 9.86. The number of H-pyrrole nitrogens is 1. The van der Waals surface area contributed by atoms with Gasteiger partial charge in [0.1, 0.15) is 5.78 Å². The van der Waals surface area contributed by atoms with Crippen LogP contribution in [0.2, 0.25) is 0 Å². The highest BCUT2D eigenvalue weighted by atomic mass is 16.4. The van der Waals surface area contributed by atoms with Crippen molar-refractivity contribution in [3.8, 4) is 0 Å². The number of unbranched alkanes of at least 4 members (excludes halogenated alkanes) is 3. The number of hydrogen-bond donors (Lipinski definition) is 2. The lowest BCUT2D eigenvalue weighted by molar-refractivity contribution is -0.137. The highest BCUT2D eigenvalue weighted by molar-refractivity contribution is 5.84. The molecule has 0 amide bonds. The predicted molar refractivity (Wildman–Crippen MR) is 104 cm³/mol. The third-order valence-electron chi connectivity index (χ3n) is 5.42. The Labute approximate surface area is 154 Å². The topological polar surface area (TPSA) is 70.2 Å². The number of hydrogen-bond acceptors (Lipinski definition) is 2. The number of aromatic amines is 1. The fourth-order valence-electron chi connectivity index (χ4n) is 3.94. The lowest BCUT2D eigenvalue weighted by Crippen LogP contribution is -2.13. The van der Waals surface area contributed by atoms with Crippen molar-refractivity contribution in [1.82, 2.24) is 4.98 Å². The van der Waals surface area contributed by atoms with Crippen LogP contribution < -0.4 is 0 Å². The van der Waals surface area contributed by atoms with Crippen molar-refractivity contribution in [3.63, 3.8) is 0 Å². The monoisotopic (exact) mass is 353 g/mol. The summed E-state index contributed by atoms with van der Waals surface area (Å²) in [4.78, 5) is 25.9. The zero-order valence-electron chi connectivity index (χ0n) is 15.1. The number of allylic oxidation sites excluding steroid dienone is 1. The molecule has 0 bridgehead atoms. The molecule has 2 unspecified atom stereocenters. The van der Waals surface area contributed by atoms with Gasteiger partial charge in [-0.25, -0.2) is 0 Å². The molecule has 1 aliphatic rings. The molecule has 2 atom stereocenters. The number of nitrogens with one attached hydrogen (secondary N) is 1. The van der Waals surface area contributed by atoms with Crippen molar-refractivity contribution in [2.45, 2.75) is 51.4 Å². The molecule has 138 valence electrons. The molecule has 1 aromatic heterocycles. The van der Waals surface area contributed by atoms with Crippen molar-refractivity contribution in [2.75, 3.05) is 0 Å². The largest absolute Gasteiger partial charge is 0.481 e. The van der Waals surface area contributed by atoms with Crippen LogP contribution >= 0.6 is 0 Å². The van der Waals surface area contributed by atoms with Crippen LogP contribution in [0.25, 0.3) is 17.0 Å². The van der Waals surface area contributed by atoms with Crippen LogP contribution in [0.5, 0.6) is 0 Å². The van der Waals surface area contributed by atoms with E-state index in [0.717, 1.165) is 44.0 Å². The van der Waals surface area contributed by atoms with Gasteiger partial charge >= 0.3 is 5.97 Å². The predicted octanol–water partition coefficient (Wildman–Crippen LogP) is 5.20. The summed E-state index contributed by atoms with van der Waals surface area (Å²) in [6.07, 6.45) is 12.8. The van der Waals surface area contributed by atoms with Crippen LogP contribution in [0.4, 0.5) is 0 Å². The number of benzene rings is 1. The van der Waals surface area contributed by atoms with Crippen molar-refractivity contribution in [2.24, 2.45) is 11.8 Å². The van der Waals surface area contributed by atoms with Gasteiger partial charge in [0.25, 0.3) is 0 Å². The molecule has 1 heterocycles. The molecule has 1 fully saturated rings. The van der Waals surface area contributed by atoms with Gasteiger partial charge in [0, 0.05) is 30.5 Å². The fraction of sp³-hybridized carbons (Fsp3) is 0.455. The van der Waals surface area contributed by atoms with E-state index in [-0.39, 0.29) is 12.3 Å². The average Bonchev–Trinajstić information content (AvgIpc) is 3.22. The van der Waals surface area contributed by atoms with Crippen LogP contribution in [0.1, 0.15) is 56.9 Å². The van der Waals surface area contributed by atoms with Gasteiger partial charge in [-0.05, 0) is 54.3 Å². The quantitative estimate of drug-likeness (QED) is 0.609. The molecule has 0 aliphatic heterocycles. The van der Waals surface area contributed by atoms with E-state index in [1.165, 1.54) is 10.9 Å². The smallest absolute Gasteiger partial charge is 0.303 e. The van der Waals surface area contributed by atoms with Gasteiger partial charge in [-0.15, -0.1) is 0 Å². The van der Waals surface area contributed by atoms with Crippen LogP contribution in [0.3, 0.4) is 0 Å². The Kier molecular flexibility index (Phi) is 6.26. The molecule has 4 nitrogen and oxygen atoms in total. The van der Waals surface area contributed by atoms with Crippen molar-refractivity contribution < 1.29 is 14.7 Å². The highest BCUT2D eigenvalue weighted by Crippen LogP contribution is 2.34. The molecule has 4 heteroatoms. The van der Waals surface area contributed by atoms with Gasteiger partial charge in [-0.1, -0.05) is 37.5 Å². The van der Waals surface area contributed by atoms with Crippen molar-refractivity contribution in [1.29, 1.82) is 0 Å². The van der Waals surface area contributed by atoms with Gasteiger partial charge in [0.15, 0.2) is 0 Å². The number of Topliss-reactive ketones (excluding diaryl/α,β-unsaturated/α-hetero) is 1. The Morgan fingerprint density at radius 1 is 1.19 bits per heavy atom. The first-order valence-corrected chi connectivity index (χ1v) is 9.63.